The van der Waals surface area contributed by atoms with Crippen LogP contribution in [0, 0.1) is 0 Å². The standard InChI is InChI=1S/C17H20N4O5/c22-15(20-17(24)19-12-4-1-2-5-12)11-25-16(23)14-7-6-13(26-14)10-21-9-3-8-18-21/h3,6-9,12H,1-2,4-5,10-11H2,(H2,19,20,22,24). The van der Waals surface area contributed by atoms with Gasteiger partial charge in [0.05, 0.1) is 6.54 Å². The van der Waals surface area contributed by atoms with Crippen molar-refractivity contribution in [1.29, 1.82) is 0 Å². The molecule has 0 atom stereocenters. The molecule has 0 radical (unpaired) electrons. The van der Waals surface area contributed by atoms with Crippen molar-refractivity contribution in [2.24, 2.45) is 0 Å². The lowest BCUT2D eigenvalue weighted by Gasteiger charge is -2.12. The zero-order chi connectivity index (χ0) is 18.4. The Bertz CT molecular complexity index is 762. The Morgan fingerprint density at radius 2 is 2.08 bits per heavy atom. The van der Waals surface area contributed by atoms with E-state index in [9.17, 15) is 14.4 Å². The molecule has 1 aliphatic carbocycles. The van der Waals surface area contributed by atoms with Crippen LogP contribution in [0.25, 0.3) is 0 Å². The van der Waals surface area contributed by atoms with Gasteiger partial charge in [-0.25, -0.2) is 9.59 Å². The topological polar surface area (TPSA) is 115 Å². The number of ether oxygens (including phenoxy) is 1. The van der Waals surface area contributed by atoms with Crippen LogP contribution in [0.5, 0.6) is 0 Å². The summed E-state index contributed by atoms with van der Waals surface area (Å²) in [6, 6.07) is 4.40. The molecule has 2 aromatic heterocycles. The third-order valence-corrected chi connectivity index (χ3v) is 4.02. The molecule has 3 rings (SSSR count). The van der Waals surface area contributed by atoms with E-state index < -0.39 is 24.5 Å². The smallest absolute Gasteiger partial charge is 0.374 e. The van der Waals surface area contributed by atoms with Crippen LogP contribution in [0.3, 0.4) is 0 Å². The second-order valence-electron chi connectivity index (χ2n) is 6.05. The predicted octanol–water partition coefficient (Wildman–Crippen LogP) is 1.45. The molecule has 9 heteroatoms. The lowest BCUT2D eigenvalue weighted by molar-refractivity contribution is -0.123. The van der Waals surface area contributed by atoms with E-state index in [2.05, 4.69) is 15.7 Å². The van der Waals surface area contributed by atoms with E-state index in [-0.39, 0.29) is 11.8 Å². The number of hydrogen-bond donors (Lipinski definition) is 2. The van der Waals surface area contributed by atoms with Crippen molar-refractivity contribution in [1.82, 2.24) is 20.4 Å². The molecular formula is C17H20N4O5. The maximum atomic E-state index is 11.9. The SMILES string of the molecule is O=C(COC(=O)c1ccc(Cn2cccn2)o1)NC(=O)NC1CCCC1. The van der Waals surface area contributed by atoms with E-state index in [0.29, 0.717) is 12.3 Å². The second kappa shape index (κ2) is 8.32. The van der Waals surface area contributed by atoms with E-state index >= 15 is 0 Å². The summed E-state index contributed by atoms with van der Waals surface area (Å²) in [6.45, 7) is -0.186. The number of urea groups is 1. The maximum absolute atomic E-state index is 11.9. The second-order valence-corrected chi connectivity index (χ2v) is 6.05. The van der Waals surface area contributed by atoms with Gasteiger partial charge < -0.3 is 14.5 Å². The number of esters is 1. The zero-order valence-electron chi connectivity index (χ0n) is 14.1. The van der Waals surface area contributed by atoms with Gasteiger partial charge in [0.15, 0.2) is 6.61 Å². The minimum absolute atomic E-state index is 0.0182. The van der Waals surface area contributed by atoms with E-state index in [4.69, 9.17) is 9.15 Å². The number of aromatic nitrogens is 2. The van der Waals surface area contributed by atoms with Crippen LogP contribution in [0.2, 0.25) is 0 Å². The lowest BCUT2D eigenvalue weighted by atomic mass is 10.2. The van der Waals surface area contributed by atoms with Gasteiger partial charge in [-0.15, -0.1) is 0 Å². The molecule has 3 amide bonds. The first-order chi connectivity index (χ1) is 12.6. The van der Waals surface area contributed by atoms with Crippen molar-refractivity contribution < 1.29 is 23.5 Å². The van der Waals surface area contributed by atoms with Crippen LogP contribution >= 0.6 is 0 Å². The molecule has 0 saturated heterocycles. The fourth-order valence-electron chi connectivity index (χ4n) is 2.78. The number of nitrogens with zero attached hydrogens (tertiary/aromatic N) is 2. The highest BCUT2D eigenvalue weighted by atomic mass is 16.5. The van der Waals surface area contributed by atoms with E-state index in [1.807, 2.05) is 0 Å². The average molecular weight is 360 g/mol. The number of rotatable bonds is 6. The molecule has 9 nitrogen and oxygen atoms in total. The number of nitrogens with one attached hydrogen (secondary N) is 2. The van der Waals surface area contributed by atoms with Crippen LogP contribution in [-0.2, 0) is 16.1 Å². The Labute approximate surface area is 149 Å². The number of furan rings is 1. The Balaban J connectivity index is 1.41. The minimum atomic E-state index is -0.775. The number of hydrogen-bond acceptors (Lipinski definition) is 6. The molecule has 1 aliphatic rings. The lowest BCUT2D eigenvalue weighted by Crippen LogP contribution is -2.44. The largest absolute Gasteiger partial charge is 0.452 e. The Hall–Kier alpha value is -3.10. The highest BCUT2D eigenvalue weighted by molar-refractivity contribution is 5.96. The van der Waals surface area contributed by atoms with Crippen molar-refractivity contribution in [3.05, 3.63) is 42.1 Å². The molecule has 1 saturated carbocycles. The summed E-state index contributed by atoms with van der Waals surface area (Å²) in [5, 5.41) is 8.89. The summed E-state index contributed by atoms with van der Waals surface area (Å²) < 4.78 is 11.9. The van der Waals surface area contributed by atoms with Gasteiger partial charge in [-0.3, -0.25) is 14.8 Å². The van der Waals surface area contributed by atoms with Crippen molar-refractivity contribution >= 4 is 17.9 Å². The van der Waals surface area contributed by atoms with E-state index in [1.54, 1.807) is 29.2 Å². The first-order valence-electron chi connectivity index (χ1n) is 8.44. The first-order valence-corrected chi connectivity index (χ1v) is 8.44. The van der Waals surface area contributed by atoms with Crippen LogP contribution in [0.15, 0.2) is 35.0 Å². The molecular weight excluding hydrogens is 340 g/mol. The van der Waals surface area contributed by atoms with Crippen molar-refractivity contribution in [3.63, 3.8) is 0 Å². The third-order valence-electron chi connectivity index (χ3n) is 4.02. The fraction of sp³-hybridized carbons (Fsp3) is 0.412. The van der Waals surface area contributed by atoms with Crippen molar-refractivity contribution in [2.45, 2.75) is 38.3 Å². The number of carbonyl (C=O) groups is 3. The van der Waals surface area contributed by atoms with E-state index in [1.165, 1.54) is 6.07 Å². The average Bonchev–Trinajstić information content (AvgIpc) is 3.35. The van der Waals surface area contributed by atoms with Crippen LogP contribution in [0.4, 0.5) is 4.79 Å². The Morgan fingerprint density at radius 3 is 2.81 bits per heavy atom. The molecule has 2 heterocycles. The molecule has 0 bridgehead atoms. The quantitative estimate of drug-likeness (QED) is 0.754. The van der Waals surface area contributed by atoms with Gasteiger partial charge in [-0.05, 0) is 31.0 Å². The van der Waals surface area contributed by atoms with Gasteiger partial charge in [0.25, 0.3) is 5.91 Å². The molecule has 0 spiro atoms. The number of carbonyl (C=O) groups excluding carboxylic acids is 3. The fourth-order valence-corrected chi connectivity index (χ4v) is 2.78. The number of amides is 3. The molecule has 1 fully saturated rings. The predicted molar refractivity (Wildman–Crippen MR) is 89.2 cm³/mol. The van der Waals surface area contributed by atoms with Gasteiger partial charge in [0.2, 0.25) is 5.76 Å². The highest BCUT2D eigenvalue weighted by Gasteiger charge is 2.19. The van der Waals surface area contributed by atoms with E-state index in [0.717, 1.165) is 25.7 Å². The molecule has 0 aliphatic heterocycles. The van der Waals surface area contributed by atoms with Crippen LogP contribution in [-0.4, -0.2) is 40.3 Å². The minimum Gasteiger partial charge on any atom is -0.452 e. The number of imide groups is 1. The molecule has 138 valence electrons. The Kier molecular flexibility index (Phi) is 5.67. The molecule has 2 aromatic rings. The molecule has 0 unspecified atom stereocenters. The van der Waals surface area contributed by atoms with Crippen molar-refractivity contribution in [3.8, 4) is 0 Å². The van der Waals surface area contributed by atoms with Crippen LogP contribution in [0.1, 0.15) is 42.0 Å². The van der Waals surface area contributed by atoms with Gasteiger partial charge in [-0.1, -0.05) is 12.8 Å². The third kappa shape index (κ3) is 4.95. The summed E-state index contributed by atoms with van der Waals surface area (Å²) in [5.41, 5.74) is 0. The summed E-state index contributed by atoms with van der Waals surface area (Å²) in [6.07, 6.45) is 7.37. The first kappa shape index (κ1) is 17.7. The summed E-state index contributed by atoms with van der Waals surface area (Å²) in [4.78, 5) is 35.3. The maximum Gasteiger partial charge on any atom is 0.374 e. The summed E-state index contributed by atoms with van der Waals surface area (Å²) in [5.74, 6) is -0.961. The normalized spacial score (nSPS) is 14.2. The molecule has 26 heavy (non-hydrogen) atoms. The monoisotopic (exact) mass is 360 g/mol. The van der Waals surface area contributed by atoms with Gasteiger partial charge in [0.1, 0.15) is 5.76 Å². The molecule has 0 aromatic carbocycles. The van der Waals surface area contributed by atoms with Crippen LogP contribution < -0.4 is 10.6 Å². The zero-order valence-corrected chi connectivity index (χ0v) is 14.1. The van der Waals surface area contributed by atoms with Gasteiger partial charge in [0, 0.05) is 18.4 Å². The summed E-state index contributed by atoms with van der Waals surface area (Å²) >= 11 is 0. The van der Waals surface area contributed by atoms with Gasteiger partial charge >= 0.3 is 12.0 Å². The van der Waals surface area contributed by atoms with Gasteiger partial charge in [-0.2, -0.15) is 5.10 Å². The Morgan fingerprint density at radius 1 is 1.27 bits per heavy atom. The molecule has 2 N–H and O–H groups in total. The summed E-state index contributed by atoms with van der Waals surface area (Å²) in [7, 11) is 0. The van der Waals surface area contributed by atoms with Crippen molar-refractivity contribution in [2.75, 3.05) is 6.61 Å². The highest BCUT2D eigenvalue weighted by Crippen LogP contribution is 2.17.